The van der Waals surface area contributed by atoms with Gasteiger partial charge in [0.1, 0.15) is 5.01 Å². The lowest BCUT2D eigenvalue weighted by Crippen LogP contribution is -1.92. The average Bonchev–Trinajstić information content (AvgIpc) is 2.97. The van der Waals surface area contributed by atoms with Crippen LogP contribution in [0, 0.1) is 10.1 Å². The summed E-state index contributed by atoms with van der Waals surface area (Å²) in [6.07, 6.45) is 0. The number of para-hydroxylation sites is 2. The maximum Gasteiger partial charge on any atom is 0.278 e. The number of thiazole rings is 1. The summed E-state index contributed by atoms with van der Waals surface area (Å²) >= 11 is 1.42. The van der Waals surface area contributed by atoms with Crippen LogP contribution in [0.15, 0.2) is 53.9 Å². The smallest absolute Gasteiger partial charge is 0.278 e. The highest BCUT2D eigenvalue weighted by molar-refractivity contribution is 7.13. The molecule has 3 aromatic rings. The van der Waals surface area contributed by atoms with Crippen molar-refractivity contribution in [2.24, 2.45) is 0 Å². The summed E-state index contributed by atoms with van der Waals surface area (Å²) in [4.78, 5) is 15.2. The largest absolute Gasteiger partial charge is 0.398 e. The van der Waals surface area contributed by atoms with Gasteiger partial charge >= 0.3 is 0 Å². The van der Waals surface area contributed by atoms with Crippen LogP contribution in [0.5, 0.6) is 0 Å². The zero-order valence-electron chi connectivity index (χ0n) is 10.9. The topological polar surface area (TPSA) is 82.0 Å². The molecule has 0 spiro atoms. The summed E-state index contributed by atoms with van der Waals surface area (Å²) in [6, 6.07) is 14.0. The van der Waals surface area contributed by atoms with Gasteiger partial charge in [0, 0.05) is 22.7 Å². The Morgan fingerprint density at radius 3 is 2.43 bits per heavy atom. The molecule has 6 heteroatoms. The molecule has 0 bridgehead atoms. The van der Waals surface area contributed by atoms with Crippen molar-refractivity contribution >= 4 is 22.7 Å². The number of hydrogen-bond acceptors (Lipinski definition) is 5. The van der Waals surface area contributed by atoms with Crippen molar-refractivity contribution in [3.05, 3.63) is 64.0 Å². The third-order valence-corrected chi connectivity index (χ3v) is 3.95. The minimum absolute atomic E-state index is 0.0513. The highest BCUT2D eigenvalue weighted by Crippen LogP contribution is 2.35. The first-order valence-corrected chi connectivity index (χ1v) is 7.09. The average molecular weight is 297 g/mol. The monoisotopic (exact) mass is 297 g/mol. The third-order valence-electron chi connectivity index (χ3n) is 3.07. The van der Waals surface area contributed by atoms with E-state index < -0.39 is 4.92 Å². The Balaban J connectivity index is 2.08. The second kappa shape index (κ2) is 5.34. The maximum absolute atomic E-state index is 11.1. The van der Waals surface area contributed by atoms with Gasteiger partial charge < -0.3 is 5.73 Å². The Bertz CT molecular complexity index is 814. The quantitative estimate of drug-likeness (QED) is 0.450. The lowest BCUT2D eigenvalue weighted by Gasteiger charge is -2.01. The number of hydrogen-bond donors (Lipinski definition) is 1. The van der Waals surface area contributed by atoms with Gasteiger partial charge in [-0.1, -0.05) is 24.3 Å². The Hall–Kier alpha value is -2.73. The van der Waals surface area contributed by atoms with E-state index in [9.17, 15) is 10.1 Å². The number of nitro groups is 1. The van der Waals surface area contributed by atoms with Crippen LogP contribution in [0.3, 0.4) is 0 Å². The van der Waals surface area contributed by atoms with Gasteiger partial charge in [0.15, 0.2) is 0 Å². The summed E-state index contributed by atoms with van der Waals surface area (Å²) in [7, 11) is 0. The summed E-state index contributed by atoms with van der Waals surface area (Å²) in [5.74, 6) is 0. The lowest BCUT2D eigenvalue weighted by atomic mass is 10.1. The fraction of sp³-hybridized carbons (Fsp3) is 0. The molecule has 1 heterocycles. The van der Waals surface area contributed by atoms with E-state index in [4.69, 9.17) is 5.73 Å². The van der Waals surface area contributed by atoms with E-state index in [0.29, 0.717) is 16.9 Å². The highest BCUT2D eigenvalue weighted by Gasteiger charge is 2.17. The minimum Gasteiger partial charge on any atom is -0.398 e. The molecule has 0 aliphatic heterocycles. The fourth-order valence-corrected chi connectivity index (χ4v) is 2.93. The number of anilines is 1. The molecule has 0 radical (unpaired) electrons. The van der Waals surface area contributed by atoms with Crippen LogP contribution in [0.1, 0.15) is 0 Å². The molecule has 21 heavy (non-hydrogen) atoms. The predicted octanol–water partition coefficient (Wildman–Crippen LogP) is 3.97. The van der Waals surface area contributed by atoms with Gasteiger partial charge in [-0.15, -0.1) is 11.3 Å². The van der Waals surface area contributed by atoms with Gasteiger partial charge in [0.25, 0.3) is 5.69 Å². The van der Waals surface area contributed by atoms with Crippen LogP contribution in [-0.4, -0.2) is 9.91 Å². The predicted molar refractivity (Wildman–Crippen MR) is 84.1 cm³/mol. The number of nitrogen functional groups attached to an aromatic ring is 1. The van der Waals surface area contributed by atoms with Crippen LogP contribution in [0.4, 0.5) is 11.4 Å². The number of nitro benzene ring substituents is 1. The Labute approximate surface area is 124 Å². The molecule has 0 fully saturated rings. The number of nitrogens with zero attached hydrogens (tertiary/aromatic N) is 2. The molecular formula is C15H11N3O2S. The van der Waals surface area contributed by atoms with E-state index in [1.807, 2.05) is 23.6 Å². The maximum atomic E-state index is 11.1. The first-order valence-electron chi connectivity index (χ1n) is 6.21. The van der Waals surface area contributed by atoms with E-state index in [2.05, 4.69) is 4.98 Å². The molecule has 0 atom stereocenters. The van der Waals surface area contributed by atoms with Crippen LogP contribution in [0.2, 0.25) is 0 Å². The van der Waals surface area contributed by atoms with Crippen molar-refractivity contribution in [1.82, 2.24) is 4.98 Å². The van der Waals surface area contributed by atoms with Crippen molar-refractivity contribution < 1.29 is 4.92 Å². The fourth-order valence-electron chi connectivity index (χ4n) is 2.06. The van der Waals surface area contributed by atoms with Gasteiger partial charge in [-0.2, -0.15) is 0 Å². The molecule has 0 aliphatic rings. The van der Waals surface area contributed by atoms with Crippen molar-refractivity contribution in [3.63, 3.8) is 0 Å². The molecule has 2 aromatic carbocycles. The van der Waals surface area contributed by atoms with E-state index in [1.54, 1.807) is 24.3 Å². The Morgan fingerprint density at radius 2 is 1.71 bits per heavy atom. The van der Waals surface area contributed by atoms with Crippen molar-refractivity contribution in [2.75, 3.05) is 5.73 Å². The molecule has 0 unspecified atom stereocenters. The second-order valence-corrected chi connectivity index (χ2v) is 5.26. The van der Waals surface area contributed by atoms with Crippen molar-refractivity contribution in [1.29, 1.82) is 0 Å². The van der Waals surface area contributed by atoms with Crippen molar-refractivity contribution in [3.8, 4) is 21.8 Å². The van der Waals surface area contributed by atoms with E-state index in [-0.39, 0.29) is 5.69 Å². The molecule has 3 rings (SSSR count). The molecule has 2 N–H and O–H groups in total. The summed E-state index contributed by atoms with van der Waals surface area (Å²) < 4.78 is 0. The van der Waals surface area contributed by atoms with Crippen LogP contribution in [-0.2, 0) is 0 Å². The Morgan fingerprint density at radius 1 is 1.05 bits per heavy atom. The summed E-state index contributed by atoms with van der Waals surface area (Å²) in [5, 5.41) is 13.6. The van der Waals surface area contributed by atoms with Gasteiger partial charge in [-0.05, 0) is 18.2 Å². The molecule has 0 aliphatic carbocycles. The van der Waals surface area contributed by atoms with Gasteiger partial charge in [0.2, 0.25) is 0 Å². The van der Waals surface area contributed by atoms with Gasteiger partial charge in [0.05, 0.1) is 16.2 Å². The molecule has 0 saturated heterocycles. The number of benzene rings is 2. The number of aromatic nitrogens is 1. The summed E-state index contributed by atoms with van der Waals surface area (Å²) in [6.45, 7) is 0. The van der Waals surface area contributed by atoms with Crippen LogP contribution in [0.25, 0.3) is 21.8 Å². The first-order chi connectivity index (χ1) is 10.2. The Kier molecular flexibility index (Phi) is 3.37. The molecule has 1 aromatic heterocycles. The zero-order valence-corrected chi connectivity index (χ0v) is 11.7. The van der Waals surface area contributed by atoms with E-state index in [0.717, 1.165) is 10.6 Å². The van der Waals surface area contributed by atoms with Crippen LogP contribution < -0.4 is 5.73 Å². The molecule has 0 saturated carbocycles. The number of rotatable bonds is 3. The van der Waals surface area contributed by atoms with Crippen LogP contribution >= 0.6 is 11.3 Å². The lowest BCUT2D eigenvalue weighted by molar-refractivity contribution is -0.384. The molecule has 0 amide bonds. The standard InChI is InChI=1S/C15H11N3O2S/c16-12-7-3-1-5-10(12)15-17-13(9-21-15)11-6-2-4-8-14(11)18(19)20/h1-9H,16H2. The van der Waals surface area contributed by atoms with E-state index >= 15 is 0 Å². The second-order valence-electron chi connectivity index (χ2n) is 4.40. The first kappa shape index (κ1) is 13.3. The molecule has 104 valence electrons. The van der Waals surface area contributed by atoms with Crippen molar-refractivity contribution in [2.45, 2.75) is 0 Å². The number of nitrogens with two attached hydrogens (primary N) is 1. The SMILES string of the molecule is Nc1ccccc1-c1nc(-c2ccccc2[N+](=O)[O-])cs1. The van der Waals surface area contributed by atoms with Gasteiger partial charge in [-0.3, -0.25) is 10.1 Å². The molecular weight excluding hydrogens is 286 g/mol. The normalized spacial score (nSPS) is 10.5. The van der Waals surface area contributed by atoms with Gasteiger partial charge in [-0.25, -0.2) is 4.98 Å². The minimum atomic E-state index is -0.398. The van der Waals surface area contributed by atoms with E-state index in [1.165, 1.54) is 17.4 Å². The highest BCUT2D eigenvalue weighted by atomic mass is 32.1. The molecule has 5 nitrogen and oxygen atoms in total. The zero-order chi connectivity index (χ0) is 14.8. The third kappa shape index (κ3) is 2.48. The summed E-state index contributed by atoms with van der Waals surface area (Å²) in [5.41, 5.74) is 8.57.